The number of nitrogens with two attached hydrogens (primary N) is 2. The second kappa shape index (κ2) is 8.58. The summed E-state index contributed by atoms with van der Waals surface area (Å²) in [4.78, 5) is 24.1. The quantitative estimate of drug-likeness (QED) is 0.417. The van der Waals surface area contributed by atoms with Crippen molar-refractivity contribution in [3.8, 4) is 0 Å². The number of rotatable bonds is 6. The fourth-order valence-electron chi connectivity index (χ4n) is 4.09. The van der Waals surface area contributed by atoms with Crippen LogP contribution in [0.25, 0.3) is 10.8 Å². The van der Waals surface area contributed by atoms with E-state index in [2.05, 4.69) is 20.3 Å². The van der Waals surface area contributed by atoms with E-state index in [4.69, 9.17) is 11.5 Å². The third kappa shape index (κ3) is 4.30. The first kappa shape index (κ1) is 20.0. The highest BCUT2D eigenvalue weighted by Crippen LogP contribution is 2.32. The van der Waals surface area contributed by atoms with Crippen LogP contribution >= 0.6 is 0 Å². The monoisotopic (exact) mass is 407 g/mol. The third-order valence-corrected chi connectivity index (χ3v) is 5.71. The molecule has 156 valence electrons. The average Bonchev–Trinajstić information content (AvgIpc) is 2.73. The van der Waals surface area contributed by atoms with E-state index >= 15 is 0 Å². The van der Waals surface area contributed by atoms with Crippen LogP contribution in [0.3, 0.4) is 0 Å². The minimum Gasteiger partial charge on any atom is -0.378 e. The van der Waals surface area contributed by atoms with E-state index in [0.717, 1.165) is 42.1 Å². The first-order valence-corrected chi connectivity index (χ1v) is 10.1. The van der Waals surface area contributed by atoms with Crippen molar-refractivity contribution in [2.24, 2.45) is 11.7 Å². The van der Waals surface area contributed by atoms with Crippen molar-refractivity contribution >= 4 is 28.2 Å². The summed E-state index contributed by atoms with van der Waals surface area (Å²) in [5.41, 5.74) is 12.9. The number of nitrogens with one attached hydrogen (secondary N) is 1. The largest absolute Gasteiger partial charge is 0.378 e. The van der Waals surface area contributed by atoms with Crippen LogP contribution < -0.4 is 16.8 Å². The molecule has 0 atom stereocenters. The van der Waals surface area contributed by atoms with Gasteiger partial charge in [0.15, 0.2) is 0 Å². The second-order valence-electron chi connectivity index (χ2n) is 7.80. The lowest BCUT2D eigenvalue weighted by Gasteiger charge is -2.25. The fourth-order valence-corrected chi connectivity index (χ4v) is 4.09. The Balaban J connectivity index is 1.57. The van der Waals surface area contributed by atoms with E-state index in [9.17, 15) is 10.1 Å². The van der Waals surface area contributed by atoms with E-state index < -0.39 is 4.92 Å². The van der Waals surface area contributed by atoms with Crippen LogP contribution in [0.1, 0.15) is 37.1 Å². The van der Waals surface area contributed by atoms with Crippen LogP contribution in [0.4, 0.5) is 17.5 Å². The number of nitrogens with zero attached hydrogens (tertiary/aromatic N) is 4. The Hall–Kier alpha value is -3.33. The van der Waals surface area contributed by atoms with Crippen LogP contribution in [-0.2, 0) is 13.0 Å². The molecule has 5 N–H and O–H groups in total. The molecule has 4 rings (SSSR count). The van der Waals surface area contributed by atoms with Crippen molar-refractivity contribution in [2.45, 2.75) is 44.7 Å². The molecule has 0 bridgehead atoms. The van der Waals surface area contributed by atoms with Gasteiger partial charge in [0.05, 0.1) is 17.2 Å². The second-order valence-corrected chi connectivity index (χ2v) is 7.80. The first-order chi connectivity index (χ1) is 14.5. The van der Waals surface area contributed by atoms with Gasteiger partial charge in [-0.15, -0.1) is 0 Å². The number of fused-ring (bicyclic) bond motifs is 1. The van der Waals surface area contributed by atoms with Crippen LogP contribution in [0.15, 0.2) is 36.5 Å². The van der Waals surface area contributed by atoms with Crippen molar-refractivity contribution in [1.82, 2.24) is 15.0 Å². The standard InChI is InChI=1S/C21H25N7O2/c22-15-7-5-13(6-8-15)11-17-19(28(29)30)20(23)27-21(26-17)25-12-18-16-4-2-1-3-14(16)9-10-24-18/h1-4,9-10,13,15H,5-8,11-12,22H2,(H3,23,25,26,27). The molecular formula is C21H25N7O2. The van der Waals surface area contributed by atoms with Gasteiger partial charge in [0, 0.05) is 17.6 Å². The van der Waals surface area contributed by atoms with Crippen LogP contribution in [0, 0.1) is 16.0 Å². The van der Waals surface area contributed by atoms with Gasteiger partial charge >= 0.3 is 5.69 Å². The summed E-state index contributed by atoms with van der Waals surface area (Å²) in [6.45, 7) is 0.385. The molecule has 0 amide bonds. The number of anilines is 2. The number of benzene rings is 1. The minimum atomic E-state index is -0.491. The molecule has 2 heterocycles. The molecule has 9 nitrogen and oxygen atoms in total. The van der Waals surface area contributed by atoms with Crippen molar-refractivity contribution < 1.29 is 4.92 Å². The van der Waals surface area contributed by atoms with Crippen LogP contribution in [0.5, 0.6) is 0 Å². The zero-order chi connectivity index (χ0) is 21.1. The molecule has 1 saturated carbocycles. The van der Waals surface area contributed by atoms with Crippen LogP contribution in [-0.4, -0.2) is 25.9 Å². The molecule has 1 fully saturated rings. The summed E-state index contributed by atoms with van der Waals surface area (Å²) < 4.78 is 0. The smallest absolute Gasteiger partial charge is 0.332 e. The molecule has 0 saturated heterocycles. The Morgan fingerprint density at radius 3 is 2.63 bits per heavy atom. The number of aromatic nitrogens is 3. The van der Waals surface area contributed by atoms with Gasteiger partial charge in [-0.3, -0.25) is 15.1 Å². The molecule has 1 aliphatic carbocycles. The predicted molar refractivity (Wildman–Crippen MR) is 116 cm³/mol. The van der Waals surface area contributed by atoms with E-state index in [1.807, 2.05) is 30.3 Å². The van der Waals surface area contributed by atoms with Gasteiger partial charge in [0.1, 0.15) is 5.69 Å². The number of hydrogen-bond donors (Lipinski definition) is 3. The zero-order valence-electron chi connectivity index (χ0n) is 16.6. The van der Waals surface area contributed by atoms with Crippen molar-refractivity contribution in [3.63, 3.8) is 0 Å². The fraction of sp³-hybridized carbons (Fsp3) is 0.381. The molecule has 1 aromatic carbocycles. The van der Waals surface area contributed by atoms with E-state index in [1.54, 1.807) is 6.20 Å². The molecule has 0 aliphatic heterocycles. The van der Waals surface area contributed by atoms with Gasteiger partial charge < -0.3 is 16.8 Å². The summed E-state index contributed by atoms with van der Waals surface area (Å²) in [5, 5.41) is 16.8. The summed E-state index contributed by atoms with van der Waals surface area (Å²) >= 11 is 0. The number of nitrogen functional groups attached to an aromatic ring is 1. The molecule has 2 aromatic heterocycles. The molecule has 3 aromatic rings. The Bertz CT molecular complexity index is 1060. The number of pyridine rings is 1. The molecule has 0 radical (unpaired) electrons. The van der Waals surface area contributed by atoms with Gasteiger partial charge in [-0.1, -0.05) is 24.3 Å². The van der Waals surface area contributed by atoms with Gasteiger partial charge in [0.2, 0.25) is 11.8 Å². The Morgan fingerprint density at radius 1 is 1.10 bits per heavy atom. The highest BCUT2D eigenvalue weighted by molar-refractivity contribution is 5.84. The van der Waals surface area contributed by atoms with E-state index in [-0.39, 0.29) is 23.5 Å². The van der Waals surface area contributed by atoms with Gasteiger partial charge in [-0.2, -0.15) is 4.98 Å². The van der Waals surface area contributed by atoms with E-state index in [1.165, 1.54) is 0 Å². The molecule has 0 unspecified atom stereocenters. The van der Waals surface area contributed by atoms with Crippen molar-refractivity contribution in [3.05, 3.63) is 58.0 Å². The van der Waals surface area contributed by atoms with E-state index in [0.29, 0.717) is 24.6 Å². The maximum absolute atomic E-state index is 11.6. The lowest BCUT2D eigenvalue weighted by atomic mass is 9.83. The highest BCUT2D eigenvalue weighted by atomic mass is 16.6. The highest BCUT2D eigenvalue weighted by Gasteiger charge is 2.27. The molecule has 9 heteroatoms. The lowest BCUT2D eigenvalue weighted by molar-refractivity contribution is -0.385. The van der Waals surface area contributed by atoms with Crippen molar-refractivity contribution in [2.75, 3.05) is 11.1 Å². The summed E-state index contributed by atoms with van der Waals surface area (Å²) in [6, 6.07) is 10.1. The zero-order valence-corrected chi connectivity index (χ0v) is 16.6. The first-order valence-electron chi connectivity index (χ1n) is 10.1. The average molecular weight is 407 g/mol. The maximum Gasteiger partial charge on any atom is 0.332 e. The SMILES string of the molecule is Nc1nc(NCc2nccc3ccccc23)nc(CC2CCC(N)CC2)c1[N+](=O)[O-]. The summed E-state index contributed by atoms with van der Waals surface area (Å²) in [5.74, 6) is 0.464. The van der Waals surface area contributed by atoms with Gasteiger partial charge in [0.25, 0.3) is 0 Å². The third-order valence-electron chi connectivity index (χ3n) is 5.71. The van der Waals surface area contributed by atoms with Crippen LogP contribution in [0.2, 0.25) is 0 Å². The minimum absolute atomic E-state index is 0.120. The number of nitro groups is 1. The maximum atomic E-state index is 11.6. The van der Waals surface area contributed by atoms with Gasteiger partial charge in [-0.25, -0.2) is 4.98 Å². The molecule has 1 aliphatic rings. The summed E-state index contributed by atoms with van der Waals surface area (Å²) in [6.07, 6.45) is 5.98. The summed E-state index contributed by atoms with van der Waals surface area (Å²) in [7, 11) is 0. The Kier molecular flexibility index (Phi) is 5.71. The lowest BCUT2D eigenvalue weighted by Crippen LogP contribution is -2.27. The molecule has 0 spiro atoms. The molecule has 30 heavy (non-hydrogen) atoms. The van der Waals surface area contributed by atoms with Gasteiger partial charge in [-0.05, 0) is 49.5 Å². The Morgan fingerprint density at radius 2 is 1.87 bits per heavy atom. The normalized spacial score (nSPS) is 19.0. The predicted octanol–water partition coefficient (Wildman–Crippen LogP) is 3.19. The van der Waals surface area contributed by atoms with Crippen molar-refractivity contribution in [1.29, 1.82) is 0 Å². The Labute approximate surface area is 174 Å². The topological polar surface area (TPSA) is 146 Å². The number of hydrogen-bond acceptors (Lipinski definition) is 8. The molecular weight excluding hydrogens is 382 g/mol.